The van der Waals surface area contributed by atoms with E-state index >= 15 is 0 Å². The first kappa shape index (κ1) is 14.3. The second kappa shape index (κ2) is 4.98. The summed E-state index contributed by atoms with van der Waals surface area (Å²) in [6.07, 6.45) is 0.424. The van der Waals surface area contributed by atoms with E-state index in [1.54, 1.807) is 30.0 Å². The van der Waals surface area contributed by atoms with Crippen molar-refractivity contribution < 1.29 is 8.78 Å². The van der Waals surface area contributed by atoms with Crippen LogP contribution in [-0.4, -0.2) is 24.0 Å². The van der Waals surface area contributed by atoms with E-state index in [1.165, 1.54) is 6.07 Å². The predicted molar refractivity (Wildman–Crippen MR) is 80.5 cm³/mol. The number of nitrogens with one attached hydrogen (secondary N) is 1. The van der Waals surface area contributed by atoms with Crippen LogP contribution in [0.1, 0.15) is 13.3 Å². The average molecular weight is 313 g/mol. The highest BCUT2D eigenvalue weighted by Crippen LogP contribution is 2.38. The zero-order valence-corrected chi connectivity index (χ0v) is 12.3. The van der Waals surface area contributed by atoms with Gasteiger partial charge in [-0.3, -0.25) is 4.79 Å². The van der Waals surface area contributed by atoms with Crippen LogP contribution < -0.4 is 10.5 Å². The van der Waals surface area contributed by atoms with E-state index in [4.69, 9.17) is 11.6 Å². The molecule has 1 aromatic carbocycles. The predicted octanol–water partition coefficient (Wildman–Crippen LogP) is 3.66. The van der Waals surface area contributed by atoms with Crippen molar-refractivity contribution in [3.05, 3.63) is 39.6 Å². The molecular weight excluding hydrogens is 298 g/mol. The van der Waals surface area contributed by atoms with Crippen molar-refractivity contribution >= 4 is 28.2 Å². The number of hydrogen-bond acceptors (Lipinski definition) is 2. The van der Waals surface area contributed by atoms with Crippen LogP contribution in [-0.2, 0) is 0 Å². The number of rotatable bonds is 1. The lowest BCUT2D eigenvalue weighted by Gasteiger charge is -2.38. The molecule has 0 spiro atoms. The molecule has 2 aromatic rings. The van der Waals surface area contributed by atoms with E-state index in [2.05, 4.69) is 4.98 Å². The molecule has 0 aliphatic carbocycles. The zero-order valence-electron chi connectivity index (χ0n) is 11.5. The van der Waals surface area contributed by atoms with Gasteiger partial charge in [0.1, 0.15) is 0 Å². The standard InChI is InChI=1S/C15H15ClF2N2O/c1-9-6-7-20(8-15(9,17)18)12-4-3-11-10(14(12)16)2-5-13(21)19-11/h2-5,9H,6-8H2,1H3,(H,19,21). The van der Waals surface area contributed by atoms with Crippen LogP contribution in [0.15, 0.2) is 29.1 Å². The van der Waals surface area contributed by atoms with Crippen LogP contribution in [0, 0.1) is 5.92 Å². The smallest absolute Gasteiger partial charge is 0.267 e. The number of aromatic amines is 1. The summed E-state index contributed by atoms with van der Waals surface area (Å²) >= 11 is 6.35. The first-order chi connectivity index (χ1) is 9.88. The molecule has 2 heterocycles. The molecule has 3 nitrogen and oxygen atoms in total. The van der Waals surface area contributed by atoms with E-state index in [1.807, 2.05) is 0 Å². The molecule has 21 heavy (non-hydrogen) atoms. The van der Waals surface area contributed by atoms with Crippen LogP contribution in [0.4, 0.5) is 14.5 Å². The van der Waals surface area contributed by atoms with Gasteiger partial charge in [-0.05, 0) is 24.6 Å². The van der Waals surface area contributed by atoms with Gasteiger partial charge in [-0.1, -0.05) is 18.5 Å². The fourth-order valence-corrected chi connectivity index (χ4v) is 3.03. The van der Waals surface area contributed by atoms with Crippen LogP contribution in [0.3, 0.4) is 0 Å². The minimum Gasteiger partial charge on any atom is -0.364 e. The minimum absolute atomic E-state index is 0.218. The summed E-state index contributed by atoms with van der Waals surface area (Å²) in [6.45, 7) is 1.79. The first-order valence-electron chi connectivity index (χ1n) is 6.83. The molecule has 1 aromatic heterocycles. The van der Waals surface area contributed by atoms with E-state index in [0.717, 1.165) is 0 Å². The second-order valence-electron chi connectivity index (χ2n) is 5.55. The molecule has 1 atom stereocenters. The molecule has 1 unspecified atom stereocenters. The molecule has 3 rings (SSSR count). The summed E-state index contributed by atoms with van der Waals surface area (Å²) in [7, 11) is 0. The van der Waals surface area contributed by atoms with Gasteiger partial charge in [-0.15, -0.1) is 0 Å². The quantitative estimate of drug-likeness (QED) is 0.872. The molecule has 6 heteroatoms. The number of anilines is 1. The van der Waals surface area contributed by atoms with Gasteiger partial charge in [0.2, 0.25) is 5.56 Å². The maximum absolute atomic E-state index is 13.9. The maximum atomic E-state index is 13.9. The Balaban J connectivity index is 2.03. The highest BCUT2D eigenvalue weighted by atomic mass is 35.5. The number of H-pyrrole nitrogens is 1. The second-order valence-corrected chi connectivity index (χ2v) is 5.93. The van der Waals surface area contributed by atoms with Crippen molar-refractivity contribution in [1.82, 2.24) is 4.98 Å². The van der Waals surface area contributed by atoms with Gasteiger partial charge in [0, 0.05) is 29.4 Å². The summed E-state index contributed by atoms with van der Waals surface area (Å²) in [5.74, 6) is -3.34. The lowest BCUT2D eigenvalue weighted by atomic mass is 9.94. The summed E-state index contributed by atoms with van der Waals surface area (Å²) in [5, 5.41) is 1.06. The van der Waals surface area contributed by atoms with E-state index in [9.17, 15) is 13.6 Å². The number of pyridine rings is 1. The third-order valence-corrected chi connectivity index (χ3v) is 4.51. The monoisotopic (exact) mass is 312 g/mol. The van der Waals surface area contributed by atoms with Gasteiger partial charge in [-0.25, -0.2) is 8.78 Å². The molecular formula is C15H15ClF2N2O. The van der Waals surface area contributed by atoms with Crippen molar-refractivity contribution in [3.8, 4) is 0 Å². The molecule has 112 valence electrons. The third kappa shape index (κ3) is 2.50. The molecule has 1 fully saturated rings. The molecule has 0 amide bonds. The molecule has 1 N–H and O–H groups in total. The lowest BCUT2D eigenvalue weighted by molar-refractivity contribution is -0.0571. The summed E-state index contributed by atoms with van der Waals surface area (Å²) in [6, 6.07) is 6.39. The summed E-state index contributed by atoms with van der Waals surface area (Å²) in [5.41, 5.74) is 0.973. The van der Waals surface area contributed by atoms with Gasteiger partial charge < -0.3 is 9.88 Å². The van der Waals surface area contributed by atoms with Crippen LogP contribution in [0.5, 0.6) is 0 Å². The Morgan fingerprint density at radius 1 is 1.33 bits per heavy atom. The largest absolute Gasteiger partial charge is 0.364 e. The van der Waals surface area contributed by atoms with Crippen LogP contribution >= 0.6 is 11.6 Å². The van der Waals surface area contributed by atoms with Gasteiger partial charge in [0.15, 0.2) is 0 Å². The topological polar surface area (TPSA) is 36.1 Å². The average Bonchev–Trinajstić information content (AvgIpc) is 2.42. The van der Waals surface area contributed by atoms with Crippen LogP contribution in [0.25, 0.3) is 10.9 Å². The number of piperidine rings is 1. The molecule has 1 aliphatic heterocycles. The van der Waals surface area contributed by atoms with Gasteiger partial charge in [0.05, 0.1) is 17.3 Å². The summed E-state index contributed by atoms with van der Waals surface area (Å²) in [4.78, 5) is 15.6. The van der Waals surface area contributed by atoms with E-state index in [0.29, 0.717) is 34.6 Å². The van der Waals surface area contributed by atoms with Crippen molar-refractivity contribution in [2.75, 3.05) is 18.0 Å². The van der Waals surface area contributed by atoms with Crippen molar-refractivity contribution in [1.29, 1.82) is 0 Å². The maximum Gasteiger partial charge on any atom is 0.267 e. The van der Waals surface area contributed by atoms with Crippen molar-refractivity contribution in [2.45, 2.75) is 19.3 Å². The van der Waals surface area contributed by atoms with E-state index < -0.39 is 11.8 Å². The molecule has 0 radical (unpaired) electrons. The zero-order chi connectivity index (χ0) is 15.2. The van der Waals surface area contributed by atoms with Gasteiger partial charge in [0.25, 0.3) is 5.92 Å². The number of halogens is 3. The highest BCUT2D eigenvalue weighted by Gasteiger charge is 2.42. The fraction of sp³-hybridized carbons (Fsp3) is 0.400. The van der Waals surface area contributed by atoms with E-state index in [-0.39, 0.29) is 12.1 Å². The third-order valence-electron chi connectivity index (χ3n) is 4.11. The Morgan fingerprint density at radius 3 is 2.81 bits per heavy atom. The highest BCUT2D eigenvalue weighted by molar-refractivity contribution is 6.38. The van der Waals surface area contributed by atoms with Crippen molar-refractivity contribution in [3.63, 3.8) is 0 Å². The summed E-state index contributed by atoms with van der Waals surface area (Å²) < 4.78 is 27.8. The number of nitrogens with zero attached hydrogens (tertiary/aromatic N) is 1. The Morgan fingerprint density at radius 2 is 2.10 bits per heavy atom. The molecule has 0 bridgehead atoms. The van der Waals surface area contributed by atoms with Gasteiger partial charge in [-0.2, -0.15) is 0 Å². The molecule has 1 saturated heterocycles. The van der Waals surface area contributed by atoms with Crippen molar-refractivity contribution in [2.24, 2.45) is 5.92 Å². The molecule has 0 saturated carbocycles. The Hall–Kier alpha value is -1.62. The Labute approximate surface area is 125 Å². The Kier molecular flexibility index (Phi) is 3.40. The number of hydrogen-bond donors (Lipinski definition) is 1. The first-order valence-corrected chi connectivity index (χ1v) is 7.20. The minimum atomic E-state index is -2.72. The van der Waals surface area contributed by atoms with Crippen LogP contribution in [0.2, 0.25) is 5.02 Å². The molecule has 1 aliphatic rings. The number of fused-ring (bicyclic) bond motifs is 1. The fourth-order valence-electron chi connectivity index (χ4n) is 2.69. The number of alkyl halides is 2. The lowest BCUT2D eigenvalue weighted by Crippen LogP contribution is -2.47. The number of aromatic nitrogens is 1. The SMILES string of the molecule is CC1CCN(c2ccc3[nH]c(=O)ccc3c2Cl)CC1(F)F. The normalized spacial score (nSPS) is 21.7. The van der Waals surface area contributed by atoms with Gasteiger partial charge >= 0.3 is 0 Å². The number of benzene rings is 1. The Bertz CT molecular complexity index is 744.